The maximum Gasteiger partial charge on any atom is 0.189 e. The van der Waals surface area contributed by atoms with Crippen molar-refractivity contribution in [3.63, 3.8) is 0 Å². The van der Waals surface area contributed by atoms with Crippen LogP contribution in [0.15, 0.2) is 23.5 Å². The van der Waals surface area contributed by atoms with E-state index in [4.69, 9.17) is 10.9 Å². The van der Waals surface area contributed by atoms with Gasteiger partial charge in [-0.1, -0.05) is 18.1 Å². The van der Waals surface area contributed by atoms with Crippen molar-refractivity contribution >= 4 is 5.84 Å². The smallest absolute Gasteiger partial charge is 0.189 e. The third-order valence-electron chi connectivity index (χ3n) is 3.51. The zero-order valence-electron chi connectivity index (χ0n) is 10.7. The number of likely N-dealkylation sites (tertiary alicyclic amines) is 1. The molecule has 1 aromatic rings. The summed E-state index contributed by atoms with van der Waals surface area (Å²) in [6, 6.07) is 3.87. The van der Waals surface area contributed by atoms with Crippen LogP contribution in [0.5, 0.6) is 0 Å². The van der Waals surface area contributed by atoms with Crippen molar-refractivity contribution < 1.29 is 5.21 Å². The van der Waals surface area contributed by atoms with Crippen molar-refractivity contribution in [1.82, 2.24) is 9.88 Å². The standard InChI is InChI=1S/C13H20N4O/c1-10-4-7-17(8-5-10)9-11-3-2-6-15-12(11)13(14)16-18/h2-3,6,10,18H,4-5,7-9H2,1H3,(H2,14,16). The Morgan fingerprint density at radius 1 is 1.56 bits per heavy atom. The van der Waals surface area contributed by atoms with Gasteiger partial charge < -0.3 is 10.9 Å². The van der Waals surface area contributed by atoms with Gasteiger partial charge in [-0.05, 0) is 43.5 Å². The first-order valence-electron chi connectivity index (χ1n) is 6.35. The lowest BCUT2D eigenvalue weighted by atomic mass is 9.98. The van der Waals surface area contributed by atoms with E-state index in [9.17, 15) is 0 Å². The fourth-order valence-corrected chi connectivity index (χ4v) is 2.31. The lowest BCUT2D eigenvalue weighted by molar-refractivity contribution is 0.185. The highest BCUT2D eigenvalue weighted by atomic mass is 16.4. The summed E-state index contributed by atoms with van der Waals surface area (Å²) in [5.74, 6) is 0.898. The summed E-state index contributed by atoms with van der Waals surface area (Å²) in [5.41, 5.74) is 7.24. The third kappa shape index (κ3) is 2.98. The summed E-state index contributed by atoms with van der Waals surface area (Å²) in [7, 11) is 0. The minimum atomic E-state index is 0.0796. The molecule has 5 heteroatoms. The average molecular weight is 248 g/mol. The highest BCUT2D eigenvalue weighted by molar-refractivity contribution is 5.96. The van der Waals surface area contributed by atoms with Gasteiger partial charge in [-0.15, -0.1) is 0 Å². The largest absolute Gasteiger partial charge is 0.409 e. The van der Waals surface area contributed by atoms with Crippen LogP contribution in [0.4, 0.5) is 0 Å². The van der Waals surface area contributed by atoms with Crippen molar-refractivity contribution in [2.75, 3.05) is 13.1 Å². The Bertz CT molecular complexity index is 425. The molecule has 1 aliphatic rings. The summed E-state index contributed by atoms with van der Waals surface area (Å²) in [4.78, 5) is 6.58. The summed E-state index contributed by atoms with van der Waals surface area (Å²) < 4.78 is 0. The maximum absolute atomic E-state index is 8.76. The van der Waals surface area contributed by atoms with Gasteiger partial charge in [0.2, 0.25) is 0 Å². The highest BCUT2D eigenvalue weighted by Crippen LogP contribution is 2.18. The van der Waals surface area contributed by atoms with Crippen LogP contribution in [0.25, 0.3) is 0 Å². The van der Waals surface area contributed by atoms with Crippen LogP contribution in [0.1, 0.15) is 31.0 Å². The first-order chi connectivity index (χ1) is 8.70. The topological polar surface area (TPSA) is 74.7 Å². The van der Waals surface area contributed by atoms with E-state index >= 15 is 0 Å². The van der Waals surface area contributed by atoms with Gasteiger partial charge in [0.15, 0.2) is 5.84 Å². The zero-order chi connectivity index (χ0) is 13.0. The first-order valence-corrected chi connectivity index (χ1v) is 6.35. The fourth-order valence-electron chi connectivity index (χ4n) is 2.31. The van der Waals surface area contributed by atoms with Gasteiger partial charge in [0.25, 0.3) is 0 Å². The van der Waals surface area contributed by atoms with Crippen LogP contribution in [-0.2, 0) is 6.54 Å². The van der Waals surface area contributed by atoms with Crippen LogP contribution in [0.3, 0.4) is 0 Å². The highest BCUT2D eigenvalue weighted by Gasteiger charge is 2.17. The molecule has 98 valence electrons. The SMILES string of the molecule is CC1CCN(Cc2cccnc2C(N)=NO)CC1. The average Bonchev–Trinajstić information content (AvgIpc) is 2.41. The summed E-state index contributed by atoms with van der Waals surface area (Å²) >= 11 is 0. The molecule has 1 aromatic heterocycles. The van der Waals surface area contributed by atoms with Gasteiger partial charge in [-0.25, -0.2) is 0 Å². The second kappa shape index (κ2) is 5.82. The van der Waals surface area contributed by atoms with E-state index in [0.717, 1.165) is 31.1 Å². The monoisotopic (exact) mass is 248 g/mol. The Hall–Kier alpha value is -1.62. The summed E-state index contributed by atoms with van der Waals surface area (Å²) in [5, 5.41) is 11.8. The minimum absolute atomic E-state index is 0.0796. The van der Waals surface area contributed by atoms with Gasteiger partial charge in [-0.3, -0.25) is 9.88 Å². The number of piperidine rings is 1. The van der Waals surface area contributed by atoms with E-state index in [1.807, 2.05) is 12.1 Å². The molecule has 0 aromatic carbocycles. The quantitative estimate of drug-likeness (QED) is 0.367. The van der Waals surface area contributed by atoms with Crippen LogP contribution in [0.2, 0.25) is 0 Å². The number of amidine groups is 1. The van der Waals surface area contributed by atoms with Crippen molar-refractivity contribution in [3.8, 4) is 0 Å². The number of nitrogens with two attached hydrogens (primary N) is 1. The lowest BCUT2D eigenvalue weighted by Crippen LogP contribution is -2.33. The van der Waals surface area contributed by atoms with E-state index < -0.39 is 0 Å². The van der Waals surface area contributed by atoms with E-state index in [0.29, 0.717) is 5.69 Å². The molecule has 1 fully saturated rings. The summed E-state index contributed by atoms with van der Waals surface area (Å²) in [6.45, 7) is 5.31. The van der Waals surface area contributed by atoms with E-state index in [1.165, 1.54) is 12.8 Å². The number of oxime groups is 1. The van der Waals surface area contributed by atoms with Crippen LogP contribution in [0, 0.1) is 5.92 Å². The van der Waals surface area contributed by atoms with Gasteiger partial charge in [0, 0.05) is 12.7 Å². The number of pyridine rings is 1. The molecule has 0 spiro atoms. The van der Waals surface area contributed by atoms with Crippen LogP contribution in [-0.4, -0.2) is 34.0 Å². The van der Waals surface area contributed by atoms with Crippen LogP contribution >= 0.6 is 0 Å². The van der Waals surface area contributed by atoms with E-state index in [-0.39, 0.29) is 5.84 Å². The molecular weight excluding hydrogens is 228 g/mol. The Morgan fingerprint density at radius 2 is 2.28 bits per heavy atom. The van der Waals surface area contributed by atoms with E-state index in [1.54, 1.807) is 6.20 Å². The second-order valence-electron chi connectivity index (χ2n) is 4.96. The molecule has 0 saturated carbocycles. The van der Waals surface area contributed by atoms with Crippen molar-refractivity contribution in [2.45, 2.75) is 26.3 Å². The van der Waals surface area contributed by atoms with Crippen LogP contribution < -0.4 is 5.73 Å². The van der Waals surface area contributed by atoms with Gasteiger partial charge in [0.05, 0.1) is 0 Å². The molecule has 2 rings (SSSR count). The predicted octanol–water partition coefficient (Wildman–Crippen LogP) is 1.41. The number of rotatable bonds is 3. The second-order valence-corrected chi connectivity index (χ2v) is 4.96. The van der Waals surface area contributed by atoms with Gasteiger partial charge in [-0.2, -0.15) is 0 Å². The number of hydrogen-bond donors (Lipinski definition) is 2. The third-order valence-corrected chi connectivity index (χ3v) is 3.51. The molecule has 0 bridgehead atoms. The Morgan fingerprint density at radius 3 is 2.94 bits per heavy atom. The van der Waals surface area contributed by atoms with Crippen molar-refractivity contribution in [3.05, 3.63) is 29.6 Å². The van der Waals surface area contributed by atoms with Gasteiger partial charge in [0.1, 0.15) is 5.69 Å². The number of aromatic nitrogens is 1. The maximum atomic E-state index is 8.76. The fraction of sp³-hybridized carbons (Fsp3) is 0.538. The molecule has 0 amide bonds. The zero-order valence-corrected chi connectivity index (χ0v) is 10.7. The minimum Gasteiger partial charge on any atom is -0.409 e. The molecule has 18 heavy (non-hydrogen) atoms. The molecule has 1 aliphatic heterocycles. The van der Waals surface area contributed by atoms with Crippen molar-refractivity contribution in [2.24, 2.45) is 16.8 Å². The normalized spacial score (nSPS) is 19.1. The lowest BCUT2D eigenvalue weighted by Gasteiger charge is -2.30. The van der Waals surface area contributed by atoms with Crippen molar-refractivity contribution in [1.29, 1.82) is 0 Å². The van der Waals surface area contributed by atoms with E-state index in [2.05, 4.69) is 22.0 Å². The molecule has 0 aliphatic carbocycles. The summed E-state index contributed by atoms with van der Waals surface area (Å²) in [6.07, 6.45) is 4.13. The molecule has 1 saturated heterocycles. The first kappa shape index (κ1) is 12.8. The predicted molar refractivity (Wildman–Crippen MR) is 70.4 cm³/mol. The Labute approximate surface area is 107 Å². The molecule has 2 heterocycles. The number of hydrogen-bond acceptors (Lipinski definition) is 4. The molecular formula is C13H20N4O. The molecule has 5 nitrogen and oxygen atoms in total. The molecule has 0 radical (unpaired) electrons. The van der Waals surface area contributed by atoms with Gasteiger partial charge >= 0.3 is 0 Å². The molecule has 3 N–H and O–H groups in total. The Kier molecular flexibility index (Phi) is 4.15. The molecule has 0 atom stereocenters. The number of nitrogens with zero attached hydrogens (tertiary/aromatic N) is 3. The molecule has 0 unspecified atom stereocenters. The Balaban J connectivity index is 2.09.